The number of hydrogen-bond donors (Lipinski definition) is 2. The molecule has 0 aromatic heterocycles. The lowest BCUT2D eigenvalue weighted by molar-refractivity contribution is -0.870. The molecule has 2 N–H and O–H groups in total. The number of carbonyl (C=O) groups excluding carboxylic acids is 1. The van der Waals surface area contributed by atoms with Crippen molar-refractivity contribution < 1.29 is 32.9 Å². The number of phosphoric acid groups is 1. The Morgan fingerprint density at radius 3 is 1.17 bits per heavy atom. The van der Waals surface area contributed by atoms with Crippen LogP contribution in [-0.4, -0.2) is 68.5 Å². The van der Waals surface area contributed by atoms with Gasteiger partial charge in [0.1, 0.15) is 13.2 Å². The number of allylic oxidation sites excluding steroid dienone is 7. The number of aliphatic hydroxyl groups is 1. The highest BCUT2D eigenvalue weighted by atomic mass is 31.2. The van der Waals surface area contributed by atoms with Gasteiger partial charge in [-0.2, -0.15) is 0 Å². The summed E-state index contributed by atoms with van der Waals surface area (Å²) >= 11 is 0. The van der Waals surface area contributed by atoms with Crippen molar-refractivity contribution in [3.8, 4) is 0 Å². The van der Waals surface area contributed by atoms with Gasteiger partial charge in [-0.15, -0.1) is 0 Å². The van der Waals surface area contributed by atoms with Crippen molar-refractivity contribution in [2.75, 3.05) is 40.9 Å². The molecular weight excluding hydrogens is 876 g/mol. The van der Waals surface area contributed by atoms with Crippen molar-refractivity contribution in [1.82, 2.24) is 5.32 Å². The number of hydrogen-bond acceptors (Lipinski definition) is 6. The van der Waals surface area contributed by atoms with Crippen molar-refractivity contribution in [2.24, 2.45) is 0 Å². The van der Waals surface area contributed by atoms with Gasteiger partial charge < -0.3 is 28.8 Å². The normalized spacial score (nSPS) is 14.2. The number of phosphoric ester groups is 1. The van der Waals surface area contributed by atoms with Crippen LogP contribution in [0.25, 0.3) is 0 Å². The van der Waals surface area contributed by atoms with E-state index in [-0.39, 0.29) is 12.5 Å². The number of quaternary nitrogens is 1. The van der Waals surface area contributed by atoms with Crippen LogP contribution in [0.5, 0.6) is 0 Å². The molecule has 1 amide bonds. The molecule has 0 aliphatic heterocycles. The van der Waals surface area contributed by atoms with Gasteiger partial charge in [0.05, 0.1) is 39.9 Å². The highest BCUT2D eigenvalue weighted by molar-refractivity contribution is 7.45. The zero-order chi connectivity index (χ0) is 50.6. The molecule has 0 bridgehead atoms. The molecule has 406 valence electrons. The van der Waals surface area contributed by atoms with Crippen LogP contribution >= 0.6 is 7.82 Å². The predicted molar refractivity (Wildman–Crippen MR) is 298 cm³/mol. The van der Waals surface area contributed by atoms with E-state index in [4.69, 9.17) is 9.05 Å². The van der Waals surface area contributed by atoms with Gasteiger partial charge in [-0.1, -0.05) is 249 Å². The van der Waals surface area contributed by atoms with Gasteiger partial charge in [0.2, 0.25) is 5.91 Å². The van der Waals surface area contributed by atoms with Gasteiger partial charge in [-0.3, -0.25) is 9.36 Å². The van der Waals surface area contributed by atoms with Crippen LogP contribution in [0, 0.1) is 0 Å². The summed E-state index contributed by atoms with van der Waals surface area (Å²) in [6, 6.07) is -0.910. The molecule has 3 unspecified atom stereocenters. The summed E-state index contributed by atoms with van der Waals surface area (Å²) in [7, 11) is 1.24. The minimum atomic E-state index is -4.61. The average molecular weight is 992 g/mol. The lowest BCUT2D eigenvalue weighted by atomic mass is 10.0. The fraction of sp³-hybridized carbons (Fsp3) is 0.850. The van der Waals surface area contributed by atoms with Crippen LogP contribution in [0.4, 0.5) is 0 Å². The number of amides is 1. The van der Waals surface area contributed by atoms with Crippen molar-refractivity contribution in [2.45, 2.75) is 289 Å². The Morgan fingerprint density at radius 2 is 0.812 bits per heavy atom. The largest absolute Gasteiger partial charge is 0.756 e. The topological polar surface area (TPSA) is 108 Å². The molecule has 0 spiro atoms. The minimum Gasteiger partial charge on any atom is -0.756 e. The van der Waals surface area contributed by atoms with Gasteiger partial charge >= 0.3 is 0 Å². The summed E-state index contributed by atoms with van der Waals surface area (Å²) in [5, 5.41) is 13.9. The summed E-state index contributed by atoms with van der Waals surface area (Å²) in [5.41, 5.74) is 0. The van der Waals surface area contributed by atoms with E-state index in [1.807, 2.05) is 27.2 Å². The zero-order valence-corrected chi connectivity index (χ0v) is 47.2. The van der Waals surface area contributed by atoms with E-state index in [2.05, 4.69) is 55.6 Å². The summed E-state index contributed by atoms with van der Waals surface area (Å²) in [5.74, 6) is -0.209. The smallest absolute Gasteiger partial charge is 0.268 e. The first-order chi connectivity index (χ1) is 33.5. The SMILES string of the molecule is CCCCCCCCCC/C=C/CC/C=C/CC/C=C/C(O)C(COP(=O)([O-])OCC[N+](C)(C)C)NC(=O)CCCCCCCCCCCCCCC/C=C\CCCCCCCCCCCCCC. The van der Waals surface area contributed by atoms with E-state index in [1.165, 1.54) is 212 Å². The van der Waals surface area contributed by atoms with Crippen molar-refractivity contribution in [3.05, 3.63) is 48.6 Å². The second-order valence-corrected chi connectivity index (χ2v) is 22.7. The molecule has 8 nitrogen and oxygen atoms in total. The van der Waals surface area contributed by atoms with Gasteiger partial charge in [0.15, 0.2) is 0 Å². The predicted octanol–water partition coefficient (Wildman–Crippen LogP) is 17.3. The van der Waals surface area contributed by atoms with Crippen LogP contribution in [0.1, 0.15) is 277 Å². The number of rotatable bonds is 54. The summed E-state index contributed by atoms with van der Waals surface area (Å²) in [4.78, 5) is 25.5. The monoisotopic (exact) mass is 991 g/mol. The number of likely N-dealkylation sites (N-methyl/N-ethyl adjacent to an activating group) is 1. The third kappa shape index (κ3) is 54.1. The van der Waals surface area contributed by atoms with E-state index >= 15 is 0 Å². The maximum atomic E-state index is 13.0. The Balaban J connectivity index is 4.18. The maximum absolute atomic E-state index is 13.0. The second-order valence-electron chi connectivity index (χ2n) is 21.3. The molecule has 3 atom stereocenters. The maximum Gasteiger partial charge on any atom is 0.268 e. The molecule has 0 fully saturated rings. The van der Waals surface area contributed by atoms with Gasteiger partial charge in [0, 0.05) is 6.42 Å². The Labute approximate surface area is 429 Å². The summed E-state index contributed by atoms with van der Waals surface area (Å²) in [6.07, 6.45) is 67.7. The highest BCUT2D eigenvalue weighted by Gasteiger charge is 2.23. The van der Waals surface area contributed by atoms with Crippen LogP contribution in [0.15, 0.2) is 48.6 Å². The van der Waals surface area contributed by atoms with Gasteiger partial charge in [-0.05, 0) is 70.6 Å². The second kappa shape index (κ2) is 51.4. The van der Waals surface area contributed by atoms with E-state index in [0.29, 0.717) is 17.4 Å². The molecule has 0 aromatic rings. The molecule has 0 aromatic carbocycles. The summed E-state index contributed by atoms with van der Waals surface area (Å²) < 4.78 is 23.3. The third-order valence-corrected chi connectivity index (χ3v) is 14.2. The van der Waals surface area contributed by atoms with Crippen LogP contribution in [0.3, 0.4) is 0 Å². The van der Waals surface area contributed by atoms with Crippen molar-refractivity contribution in [1.29, 1.82) is 0 Å². The van der Waals surface area contributed by atoms with E-state index in [0.717, 1.165) is 44.9 Å². The number of nitrogens with zero attached hydrogens (tertiary/aromatic N) is 1. The molecule has 0 radical (unpaired) electrons. The van der Waals surface area contributed by atoms with E-state index in [9.17, 15) is 19.4 Å². The summed E-state index contributed by atoms with van der Waals surface area (Å²) in [6.45, 7) is 4.64. The molecule has 69 heavy (non-hydrogen) atoms. The fourth-order valence-electron chi connectivity index (χ4n) is 8.59. The van der Waals surface area contributed by atoms with Crippen LogP contribution in [-0.2, 0) is 18.4 Å². The van der Waals surface area contributed by atoms with Gasteiger partial charge in [-0.25, -0.2) is 0 Å². The van der Waals surface area contributed by atoms with Gasteiger partial charge in [0.25, 0.3) is 7.82 Å². The van der Waals surface area contributed by atoms with Crippen LogP contribution in [0.2, 0.25) is 0 Å². The Morgan fingerprint density at radius 1 is 0.493 bits per heavy atom. The Hall–Kier alpha value is -1.54. The minimum absolute atomic E-state index is 0.00907. The number of carbonyl (C=O) groups is 1. The molecule has 0 heterocycles. The first-order valence-corrected chi connectivity index (χ1v) is 31.0. The first kappa shape index (κ1) is 67.5. The fourth-order valence-corrected chi connectivity index (χ4v) is 9.32. The highest BCUT2D eigenvalue weighted by Crippen LogP contribution is 2.38. The Bertz CT molecular complexity index is 1260. The lowest BCUT2D eigenvalue weighted by Gasteiger charge is -2.29. The molecule has 0 saturated carbocycles. The molecular formula is C60H115N2O6P. The molecule has 0 rings (SSSR count). The van der Waals surface area contributed by atoms with Crippen molar-refractivity contribution in [3.63, 3.8) is 0 Å². The standard InChI is InChI=1S/C60H115N2O6P/c1-6-8-10-12-14-16-18-20-22-24-26-27-28-29-30-31-32-33-34-35-36-38-40-42-44-46-48-50-52-54-60(64)61-58(57-68-69(65,66)67-56-55-62(3,4)5)59(63)53-51-49-47-45-43-41-39-37-25-23-21-19-17-15-13-11-9-7-2/h25,29-30,37,43,45,51,53,58-59,63H,6-24,26-28,31-36,38-42,44,46-50,52,54-57H2,1-5H3,(H-,61,64,65,66)/b30-29-,37-25+,45-43+,53-51+. The Kier molecular flexibility index (Phi) is 50.2. The van der Waals surface area contributed by atoms with E-state index < -0.39 is 26.6 Å². The third-order valence-electron chi connectivity index (χ3n) is 13.2. The van der Waals surface area contributed by atoms with E-state index in [1.54, 1.807) is 6.08 Å². The number of aliphatic hydroxyl groups excluding tert-OH is 1. The van der Waals surface area contributed by atoms with Crippen LogP contribution < -0.4 is 10.2 Å². The number of unbranched alkanes of at least 4 members (excludes halogenated alkanes) is 35. The lowest BCUT2D eigenvalue weighted by Crippen LogP contribution is -2.45. The number of nitrogens with one attached hydrogen (secondary N) is 1. The van der Waals surface area contributed by atoms with Crippen molar-refractivity contribution >= 4 is 13.7 Å². The molecule has 0 aliphatic carbocycles. The average Bonchev–Trinajstić information content (AvgIpc) is 3.31. The first-order valence-electron chi connectivity index (χ1n) is 29.5. The molecule has 0 aliphatic rings. The zero-order valence-electron chi connectivity index (χ0n) is 46.3. The molecule has 9 heteroatoms. The molecule has 0 saturated heterocycles. The quantitative estimate of drug-likeness (QED) is 0.0272.